The normalized spacial score (nSPS) is 10.8. The first-order chi connectivity index (χ1) is 10.5. The lowest BCUT2D eigenvalue weighted by molar-refractivity contribution is -0.121. The van der Waals surface area contributed by atoms with Crippen LogP contribution in [0.2, 0.25) is 0 Å². The molecule has 2 aromatic heterocycles. The van der Waals surface area contributed by atoms with Gasteiger partial charge in [-0.2, -0.15) is 0 Å². The van der Waals surface area contributed by atoms with Crippen molar-refractivity contribution in [3.8, 4) is 0 Å². The Morgan fingerprint density at radius 3 is 2.86 bits per heavy atom. The topological polar surface area (TPSA) is 124 Å². The third kappa shape index (κ3) is 2.98. The van der Waals surface area contributed by atoms with Crippen LogP contribution in [0.4, 0.5) is 0 Å². The largest absolute Gasteiger partial charge is 0.478 e. The summed E-state index contributed by atoms with van der Waals surface area (Å²) in [5.41, 5.74) is -0.932. The summed E-state index contributed by atoms with van der Waals surface area (Å²) >= 11 is 0. The zero-order valence-electron chi connectivity index (χ0n) is 12.1. The zero-order chi connectivity index (χ0) is 16.3. The number of aromatic nitrogens is 2. The quantitative estimate of drug-likeness (QED) is 0.706. The Morgan fingerprint density at radius 2 is 2.23 bits per heavy atom. The molecule has 118 valence electrons. The van der Waals surface area contributed by atoms with E-state index in [4.69, 9.17) is 14.3 Å². The number of amides is 1. The molecule has 22 heavy (non-hydrogen) atoms. The SMILES string of the molecule is COCCNC(=O)Cn1cnc2oc(C)c(C(=O)O)c2c1=O. The molecule has 0 radical (unpaired) electrons. The smallest absolute Gasteiger partial charge is 0.340 e. The number of nitrogens with one attached hydrogen (secondary N) is 1. The average molecular weight is 309 g/mol. The van der Waals surface area contributed by atoms with Gasteiger partial charge in [0.05, 0.1) is 6.61 Å². The summed E-state index contributed by atoms with van der Waals surface area (Å²) in [7, 11) is 1.50. The molecule has 9 heteroatoms. The number of carbonyl (C=O) groups is 2. The van der Waals surface area contributed by atoms with Crippen molar-refractivity contribution in [2.24, 2.45) is 0 Å². The van der Waals surface area contributed by atoms with Crippen LogP contribution in [0.5, 0.6) is 0 Å². The van der Waals surface area contributed by atoms with Gasteiger partial charge < -0.3 is 19.6 Å². The lowest BCUT2D eigenvalue weighted by atomic mass is 10.2. The van der Waals surface area contributed by atoms with Crippen molar-refractivity contribution < 1.29 is 23.8 Å². The summed E-state index contributed by atoms with van der Waals surface area (Å²) in [6.07, 6.45) is 1.15. The Kier molecular flexibility index (Phi) is 4.56. The van der Waals surface area contributed by atoms with E-state index in [-0.39, 0.29) is 29.0 Å². The summed E-state index contributed by atoms with van der Waals surface area (Å²) in [6.45, 7) is 1.83. The van der Waals surface area contributed by atoms with Crippen molar-refractivity contribution in [2.45, 2.75) is 13.5 Å². The summed E-state index contributed by atoms with van der Waals surface area (Å²) in [5, 5.41) is 11.6. The molecule has 2 heterocycles. The van der Waals surface area contributed by atoms with Crippen LogP contribution in [0, 0.1) is 6.92 Å². The first-order valence-electron chi connectivity index (χ1n) is 6.43. The van der Waals surface area contributed by atoms with E-state index in [1.807, 2.05) is 0 Å². The van der Waals surface area contributed by atoms with Gasteiger partial charge in [-0.3, -0.25) is 14.2 Å². The zero-order valence-corrected chi connectivity index (χ0v) is 12.1. The minimum atomic E-state index is -1.28. The van der Waals surface area contributed by atoms with E-state index in [1.54, 1.807) is 0 Å². The average Bonchev–Trinajstić information content (AvgIpc) is 2.79. The number of methoxy groups -OCH3 is 1. The lowest BCUT2D eigenvalue weighted by Crippen LogP contribution is -2.34. The van der Waals surface area contributed by atoms with Gasteiger partial charge in [0.2, 0.25) is 11.6 Å². The molecule has 0 aliphatic carbocycles. The Bertz CT molecular complexity index is 776. The predicted octanol–water partition coefficient (Wildman–Crippen LogP) is -0.241. The second-order valence-corrected chi connectivity index (χ2v) is 4.54. The van der Waals surface area contributed by atoms with Crippen LogP contribution >= 0.6 is 0 Å². The third-order valence-electron chi connectivity index (χ3n) is 3.01. The number of hydrogen-bond acceptors (Lipinski definition) is 6. The molecule has 0 spiro atoms. The summed E-state index contributed by atoms with van der Waals surface area (Å²) in [6, 6.07) is 0. The van der Waals surface area contributed by atoms with Crippen molar-refractivity contribution >= 4 is 23.0 Å². The Morgan fingerprint density at radius 1 is 1.50 bits per heavy atom. The van der Waals surface area contributed by atoms with E-state index in [0.717, 1.165) is 10.9 Å². The van der Waals surface area contributed by atoms with E-state index < -0.39 is 17.4 Å². The minimum Gasteiger partial charge on any atom is -0.478 e. The maximum Gasteiger partial charge on any atom is 0.340 e. The van der Waals surface area contributed by atoms with Crippen molar-refractivity contribution in [1.29, 1.82) is 0 Å². The van der Waals surface area contributed by atoms with Crippen molar-refractivity contribution in [3.05, 3.63) is 28.0 Å². The van der Waals surface area contributed by atoms with Crippen molar-refractivity contribution in [1.82, 2.24) is 14.9 Å². The van der Waals surface area contributed by atoms with Gasteiger partial charge >= 0.3 is 5.97 Å². The van der Waals surface area contributed by atoms with Gasteiger partial charge in [-0.1, -0.05) is 0 Å². The first-order valence-corrected chi connectivity index (χ1v) is 6.43. The van der Waals surface area contributed by atoms with Gasteiger partial charge in [-0.15, -0.1) is 0 Å². The Labute approximate surface area is 124 Å². The molecule has 0 aliphatic heterocycles. The standard InChI is InChI=1S/C13H15N3O6/c1-7-9(13(19)20)10-11(22-7)15-6-16(12(10)18)5-8(17)14-3-4-21-2/h6H,3-5H2,1-2H3,(H,14,17)(H,19,20). The molecule has 9 nitrogen and oxygen atoms in total. The fourth-order valence-electron chi connectivity index (χ4n) is 2.01. The van der Waals surface area contributed by atoms with E-state index in [0.29, 0.717) is 13.2 Å². The van der Waals surface area contributed by atoms with Gasteiger partial charge in [0.25, 0.3) is 5.56 Å². The van der Waals surface area contributed by atoms with Crippen molar-refractivity contribution in [3.63, 3.8) is 0 Å². The summed E-state index contributed by atoms with van der Waals surface area (Å²) in [5.74, 6) is -1.59. The number of aryl methyl sites for hydroxylation is 1. The summed E-state index contributed by atoms with van der Waals surface area (Å²) < 4.78 is 11.0. The van der Waals surface area contributed by atoms with Crippen LogP contribution in [0.1, 0.15) is 16.1 Å². The number of nitrogens with zero attached hydrogens (tertiary/aromatic N) is 2. The van der Waals surface area contributed by atoms with Gasteiger partial charge in [0.1, 0.15) is 29.6 Å². The molecule has 0 fully saturated rings. The molecular formula is C13H15N3O6. The molecule has 0 unspecified atom stereocenters. The number of rotatable bonds is 6. The maximum atomic E-state index is 12.3. The van der Waals surface area contributed by atoms with Crippen molar-refractivity contribution in [2.75, 3.05) is 20.3 Å². The molecule has 0 atom stereocenters. The third-order valence-corrected chi connectivity index (χ3v) is 3.01. The van der Waals surface area contributed by atoms with Crippen LogP contribution in [0.25, 0.3) is 11.1 Å². The number of ether oxygens (including phenoxy) is 1. The number of furan rings is 1. The molecule has 0 saturated heterocycles. The molecular weight excluding hydrogens is 294 g/mol. The first kappa shape index (κ1) is 15.7. The van der Waals surface area contributed by atoms with Crippen LogP contribution in [-0.2, 0) is 16.1 Å². The lowest BCUT2D eigenvalue weighted by Gasteiger charge is -2.06. The van der Waals surface area contributed by atoms with Gasteiger partial charge in [0, 0.05) is 13.7 Å². The number of carbonyl (C=O) groups excluding carboxylic acids is 1. The molecule has 2 rings (SSSR count). The fourth-order valence-corrected chi connectivity index (χ4v) is 2.01. The maximum absolute atomic E-state index is 12.3. The van der Waals surface area contributed by atoms with E-state index in [1.165, 1.54) is 14.0 Å². The highest BCUT2D eigenvalue weighted by Gasteiger charge is 2.22. The highest BCUT2D eigenvalue weighted by atomic mass is 16.5. The predicted molar refractivity (Wildman–Crippen MR) is 74.9 cm³/mol. The molecule has 2 N–H and O–H groups in total. The van der Waals surface area contributed by atoms with Crippen LogP contribution in [0.15, 0.2) is 15.5 Å². The van der Waals surface area contributed by atoms with E-state index in [2.05, 4.69) is 10.3 Å². The van der Waals surface area contributed by atoms with E-state index in [9.17, 15) is 14.4 Å². The molecule has 0 aromatic carbocycles. The summed E-state index contributed by atoms with van der Waals surface area (Å²) in [4.78, 5) is 39.1. The second kappa shape index (κ2) is 6.39. The molecule has 0 bridgehead atoms. The number of hydrogen-bond donors (Lipinski definition) is 2. The van der Waals surface area contributed by atoms with Gasteiger partial charge in [0.15, 0.2) is 0 Å². The highest BCUT2D eigenvalue weighted by molar-refractivity contribution is 6.02. The highest BCUT2D eigenvalue weighted by Crippen LogP contribution is 2.20. The van der Waals surface area contributed by atoms with Gasteiger partial charge in [-0.25, -0.2) is 9.78 Å². The van der Waals surface area contributed by atoms with Crippen LogP contribution < -0.4 is 10.9 Å². The van der Waals surface area contributed by atoms with Crippen LogP contribution in [0.3, 0.4) is 0 Å². The monoisotopic (exact) mass is 309 g/mol. The molecule has 0 aliphatic rings. The Hall–Kier alpha value is -2.68. The molecule has 0 saturated carbocycles. The number of aromatic carboxylic acids is 1. The molecule has 1 amide bonds. The number of fused-ring (bicyclic) bond motifs is 1. The second-order valence-electron chi connectivity index (χ2n) is 4.54. The van der Waals surface area contributed by atoms with E-state index >= 15 is 0 Å². The minimum absolute atomic E-state index is 0.0593. The molecule has 2 aromatic rings. The fraction of sp³-hybridized carbons (Fsp3) is 0.385. The van der Waals surface area contributed by atoms with Crippen LogP contribution in [-0.4, -0.2) is 46.8 Å². The Balaban J connectivity index is 2.35. The van der Waals surface area contributed by atoms with Gasteiger partial charge in [-0.05, 0) is 6.92 Å². The number of carboxylic acid groups (broad SMARTS) is 1. The number of carboxylic acids is 1.